The first-order valence-electron chi connectivity index (χ1n) is 9.88. The molecule has 1 saturated heterocycles. The number of fused-ring (bicyclic) bond motifs is 7. The smallest absolute Gasteiger partial charge is 0.197 e. The van der Waals surface area contributed by atoms with Gasteiger partial charge in [-0.1, -0.05) is 11.6 Å². The quantitative estimate of drug-likeness (QED) is 0.502. The highest BCUT2D eigenvalue weighted by Crippen LogP contribution is 2.44. The van der Waals surface area contributed by atoms with Crippen molar-refractivity contribution in [2.24, 2.45) is 0 Å². The summed E-state index contributed by atoms with van der Waals surface area (Å²) in [6.07, 6.45) is 6.68. The van der Waals surface area contributed by atoms with Crippen molar-refractivity contribution in [3.05, 3.63) is 74.5 Å². The number of rotatable bonds is 2. The lowest BCUT2D eigenvalue weighted by Crippen LogP contribution is -2.39. The second kappa shape index (κ2) is 6.15. The summed E-state index contributed by atoms with van der Waals surface area (Å²) >= 11 is 6.09. The van der Waals surface area contributed by atoms with E-state index in [4.69, 9.17) is 16.0 Å². The zero-order chi connectivity index (χ0) is 19.7. The zero-order valence-corrected chi connectivity index (χ0v) is 16.7. The molecule has 0 spiro atoms. The van der Waals surface area contributed by atoms with Crippen molar-refractivity contribution in [1.29, 1.82) is 0 Å². The van der Waals surface area contributed by atoms with Gasteiger partial charge < -0.3 is 4.42 Å². The van der Waals surface area contributed by atoms with Gasteiger partial charge in [-0.15, -0.1) is 0 Å². The van der Waals surface area contributed by atoms with Crippen molar-refractivity contribution in [1.82, 2.24) is 19.5 Å². The first kappa shape index (κ1) is 17.2. The molecule has 0 radical (unpaired) electrons. The first-order valence-corrected chi connectivity index (χ1v) is 10.3. The minimum absolute atomic E-state index is 0.00442. The van der Waals surface area contributed by atoms with E-state index in [-0.39, 0.29) is 11.5 Å². The molecule has 2 unspecified atom stereocenters. The summed E-state index contributed by atoms with van der Waals surface area (Å²) < 4.78 is 7.73. The van der Waals surface area contributed by atoms with Gasteiger partial charge in [0.2, 0.25) is 0 Å². The van der Waals surface area contributed by atoms with E-state index in [1.165, 1.54) is 11.3 Å². The first-order chi connectivity index (χ1) is 14.1. The van der Waals surface area contributed by atoms with E-state index in [0.717, 1.165) is 30.6 Å². The normalized spacial score (nSPS) is 21.2. The Morgan fingerprint density at radius 1 is 1.28 bits per heavy atom. The van der Waals surface area contributed by atoms with Crippen LogP contribution in [0.5, 0.6) is 0 Å². The predicted molar refractivity (Wildman–Crippen MR) is 110 cm³/mol. The Bertz CT molecular complexity index is 1340. The highest BCUT2D eigenvalue weighted by molar-refractivity contribution is 6.31. The fraction of sp³-hybridized carbons (Fsp3) is 0.318. The van der Waals surface area contributed by atoms with Gasteiger partial charge in [-0.05, 0) is 38.0 Å². The number of aryl methyl sites for hydroxylation is 1. The summed E-state index contributed by atoms with van der Waals surface area (Å²) in [7, 11) is 0. The maximum Gasteiger partial charge on any atom is 0.197 e. The van der Waals surface area contributed by atoms with Gasteiger partial charge in [0, 0.05) is 53.5 Å². The summed E-state index contributed by atoms with van der Waals surface area (Å²) in [5, 5.41) is 5.72. The molecule has 29 heavy (non-hydrogen) atoms. The molecule has 1 aromatic carbocycles. The molecule has 7 heteroatoms. The summed E-state index contributed by atoms with van der Waals surface area (Å²) in [6.45, 7) is 2.56. The number of benzene rings is 1. The Labute approximate surface area is 171 Å². The van der Waals surface area contributed by atoms with Crippen LogP contribution in [0.15, 0.2) is 45.9 Å². The highest BCUT2D eigenvalue weighted by Gasteiger charge is 2.41. The molecular formula is C22H19ClN4O2. The molecule has 0 aliphatic carbocycles. The molecule has 6 nitrogen and oxygen atoms in total. The Morgan fingerprint density at radius 2 is 2.17 bits per heavy atom. The monoisotopic (exact) mass is 406 g/mol. The number of hydrogen-bond acceptors (Lipinski definition) is 5. The number of nitrogens with zero attached hydrogens (tertiary/aromatic N) is 4. The third-order valence-electron chi connectivity index (χ3n) is 6.33. The fourth-order valence-corrected chi connectivity index (χ4v) is 5.17. The average molecular weight is 407 g/mol. The topological polar surface area (TPSA) is 63.6 Å². The van der Waals surface area contributed by atoms with Crippen LogP contribution in [-0.2, 0) is 13.0 Å². The highest BCUT2D eigenvalue weighted by atomic mass is 35.5. The van der Waals surface area contributed by atoms with Gasteiger partial charge in [-0.25, -0.2) is 9.50 Å². The van der Waals surface area contributed by atoms with Crippen molar-refractivity contribution in [2.75, 3.05) is 0 Å². The molecule has 0 saturated carbocycles. The molecule has 4 aromatic rings. The van der Waals surface area contributed by atoms with Gasteiger partial charge in [0.1, 0.15) is 5.58 Å². The van der Waals surface area contributed by atoms with Crippen LogP contribution in [0.3, 0.4) is 0 Å². The maximum atomic E-state index is 13.0. The van der Waals surface area contributed by atoms with Crippen molar-refractivity contribution in [2.45, 2.75) is 44.8 Å². The fourth-order valence-electron chi connectivity index (χ4n) is 4.99. The van der Waals surface area contributed by atoms with Gasteiger partial charge in [-0.3, -0.25) is 9.69 Å². The standard InChI is InChI=1S/C22H19ClN4O2/c1-12-6-21-24-9-17-18-4-3-15(8-19(17)27(21)25-12)26(18)10-13-11-29-20-5-2-14(23)7-16(20)22(13)28/h2,5-7,9,11,15,18H,3-4,8,10H2,1H3. The van der Waals surface area contributed by atoms with Crippen LogP contribution >= 0.6 is 11.6 Å². The second-order valence-electron chi connectivity index (χ2n) is 8.07. The molecule has 2 aliphatic rings. The lowest BCUT2D eigenvalue weighted by Gasteiger charge is -2.35. The molecule has 1 fully saturated rings. The summed E-state index contributed by atoms with van der Waals surface area (Å²) in [5.41, 5.74) is 5.59. The SMILES string of the molecule is Cc1cc2ncc3c(n2n1)CC1CCC3N1Cc1coc2ccc(Cl)cc2c1=O. The van der Waals surface area contributed by atoms with Crippen LogP contribution in [0, 0.1) is 6.92 Å². The molecule has 5 heterocycles. The molecule has 146 valence electrons. The Hall–Kier alpha value is -2.70. The van der Waals surface area contributed by atoms with Gasteiger partial charge in [0.25, 0.3) is 0 Å². The average Bonchev–Trinajstić information content (AvgIpc) is 3.22. The summed E-state index contributed by atoms with van der Waals surface area (Å²) in [6, 6.07) is 7.82. The lowest BCUT2D eigenvalue weighted by atomic mass is 9.98. The van der Waals surface area contributed by atoms with E-state index in [1.54, 1.807) is 24.5 Å². The Morgan fingerprint density at radius 3 is 3.07 bits per heavy atom. The minimum Gasteiger partial charge on any atom is -0.464 e. The van der Waals surface area contributed by atoms with Crippen molar-refractivity contribution >= 4 is 28.2 Å². The Kier molecular flexibility index (Phi) is 3.64. The molecular weight excluding hydrogens is 388 g/mol. The van der Waals surface area contributed by atoms with E-state index in [0.29, 0.717) is 34.1 Å². The molecule has 2 aliphatic heterocycles. The third-order valence-corrected chi connectivity index (χ3v) is 6.56. The Balaban J connectivity index is 1.41. The van der Waals surface area contributed by atoms with Gasteiger partial charge in [-0.2, -0.15) is 5.10 Å². The van der Waals surface area contributed by atoms with Crippen LogP contribution in [-0.4, -0.2) is 25.5 Å². The van der Waals surface area contributed by atoms with Crippen LogP contribution in [0.1, 0.15) is 41.4 Å². The number of hydrogen-bond donors (Lipinski definition) is 0. The lowest BCUT2D eigenvalue weighted by molar-refractivity contribution is 0.163. The van der Waals surface area contributed by atoms with E-state index in [2.05, 4.69) is 15.0 Å². The van der Waals surface area contributed by atoms with Gasteiger partial charge in [0.05, 0.1) is 23.0 Å². The number of halogens is 1. The maximum absolute atomic E-state index is 13.0. The minimum atomic E-state index is -0.00442. The van der Waals surface area contributed by atoms with E-state index in [9.17, 15) is 4.79 Å². The summed E-state index contributed by atoms with van der Waals surface area (Å²) in [4.78, 5) is 20.1. The molecule has 0 N–H and O–H groups in total. The predicted octanol–water partition coefficient (Wildman–Crippen LogP) is 4.06. The molecule has 2 bridgehead atoms. The van der Waals surface area contributed by atoms with Gasteiger partial charge in [0.15, 0.2) is 11.1 Å². The molecule has 2 atom stereocenters. The van der Waals surface area contributed by atoms with E-state index < -0.39 is 0 Å². The van der Waals surface area contributed by atoms with E-state index >= 15 is 0 Å². The van der Waals surface area contributed by atoms with Gasteiger partial charge >= 0.3 is 0 Å². The molecule has 0 amide bonds. The van der Waals surface area contributed by atoms with Crippen molar-refractivity contribution in [3.63, 3.8) is 0 Å². The van der Waals surface area contributed by atoms with Crippen LogP contribution in [0.2, 0.25) is 5.02 Å². The van der Waals surface area contributed by atoms with Crippen molar-refractivity contribution in [3.8, 4) is 0 Å². The van der Waals surface area contributed by atoms with E-state index in [1.807, 2.05) is 23.7 Å². The second-order valence-corrected chi connectivity index (χ2v) is 8.51. The summed E-state index contributed by atoms with van der Waals surface area (Å²) in [5.74, 6) is 0. The zero-order valence-electron chi connectivity index (χ0n) is 15.9. The van der Waals surface area contributed by atoms with Crippen LogP contribution in [0.4, 0.5) is 0 Å². The van der Waals surface area contributed by atoms with Crippen molar-refractivity contribution < 1.29 is 4.42 Å². The number of aromatic nitrogens is 3. The molecule has 6 rings (SSSR count). The van der Waals surface area contributed by atoms with Crippen LogP contribution < -0.4 is 5.43 Å². The molecule has 3 aromatic heterocycles. The third kappa shape index (κ3) is 2.56. The largest absolute Gasteiger partial charge is 0.464 e. The van der Waals surface area contributed by atoms with Crippen LogP contribution in [0.25, 0.3) is 16.6 Å².